The fourth-order valence-corrected chi connectivity index (χ4v) is 2.31. The third kappa shape index (κ3) is 2.64. The Bertz CT molecular complexity index is 294. The molecule has 0 amide bonds. The highest BCUT2D eigenvalue weighted by atomic mass is 35.5. The van der Waals surface area contributed by atoms with Crippen molar-refractivity contribution in [1.29, 1.82) is 0 Å². The van der Waals surface area contributed by atoms with Gasteiger partial charge in [0.25, 0.3) is 0 Å². The monoisotopic (exact) mass is 234 g/mol. The first-order chi connectivity index (χ1) is 6.56. The van der Waals surface area contributed by atoms with E-state index in [0.29, 0.717) is 5.92 Å². The van der Waals surface area contributed by atoms with Crippen LogP contribution in [0.5, 0.6) is 0 Å². The minimum atomic E-state index is 0.168. The molecule has 0 aromatic carbocycles. The molecule has 0 saturated carbocycles. The largest absolute Gasteiger partial charge is 0.268 e. The molecule has 0 fully saturated rings. The number of halogens is 2. The van der Waals surface area contributed by atoms with Gasteiger partial charge in [-0.1, -0.05) is 18.5 Å². The van der Waals surface area contributed by atoms with E-state index in [2.05, 4.69) is 18.9 Å². The van der Waals surface area contributed by atoms with Crippen molar-refractivity contribution in [3.63, 3.8) is 0 Å². The molecule has 0 aliphatic heterocycles. The molecule has 1 rings (SSSR count). The molecule has 0 saturated heterocycles. The first-order valence-corrected chi connectivity index (χ1v) is 5.73. The molecule has 2 unspecified atom stereocenters. The predicted octanol–water partition coefficient (Wildman–Crippen LogP) is 3.68. The van der Waals surface area contributed by atoms with Crippen LogP contribution in [0.2, 0.25) is 5.02 Å². The van der Waals surface area contributed by atoms with Gasteiger partial charge < -0.3 is 0 Å². The molecule has 0 aliphatic carbocycles. The smallest absolute Gasteiger partial charge is 0.0820 e. The maximum atomic E-state index is 6.08. The van der Waals surface area contributed by atoms with Crippen LogP contribution in [0.25, 0.3) is 0 Å². The number of nitrogens with zero attached hydrogens (tertiary/aromatic N) is 2. The van der Waals surface area contributed by atoms with Gasteiger partial charge in [0.2, 0.25) is 0 Å². The lowest BCUT2D eigenvalue weighted by Crippen LogP contribution is -2.09. The Balaban J connectivity index is 2.86. The van der Waals surface area contributed by atoms with Crippen LogP contribution < -0.4 is 0 Å². The molecule has 0 aliphatic rings. The van der Waals surface area contributed by atoms with Crippen LogP contribution in [-0.2, 0) is 6.54 Å². The Morgan fingerprint density at radius 1 is 1.50 bits per heavy atom. The molecule has 1 aromatic rings. The summed E-state index contributed by atoms with van der Waals surface area (Å²) < 4.78 is 1.94. The highest BCUT2D eigenvalue weighted by Gasteiger charge is 2.17. The number of hydrogen-bond acceptors (Lipinski definition) is 1. The topological polar surface area (TPSA) is 17.8 Å². The van der Waals surface area contributed by atoms with E-state index in [9.17, 15) is 0 Å². The molecule has 2 atom stereocenters. The molecule has 4 heteroatoms. The van der Waals surface area contributed by atoms with E-state index in [1.807, 2.05) is 11.6 Å². The summed E-state index contributed by atoms with van der Waals surface area (Å²) in [6, 6.07) is 0. The van der Waals surface area contributed by atoms with Crippen LogP contribution >= 0.6 is 23.2 Å². The fraction of sp³-hybridized carbons (Fsp3) is 0.700. The summed E-state index contributed by atoms with van der Waals surface area (Å²) in [4.78, 5) is 0. The first kappa shape index (κ1) is 11.9. The number of alkyl halides is 1. The second-order valence-electron chi connectivity index (χ2n) is 3.61. The third-order valence-corrected chi connectivity index (χ3v) is 2.75. The van der Waals surface area contributed by atoms with Gasteiger partial charge in [0.05, 0.1) is 16.9 Å². The van der Waals surface area contributed by atoms with E-state index in [1.165, 1.54) is 0 Å². The summed E-state index contributed by atoms with van der Waals surface area (Å²) in [7, 11) is 0. The van der Waals surface area contributed by atoms with E-state index >= 15 is 0 Å². The minimum absolute atomic E-state index is 0.168. The van der Waals surface area contributed by atoms with Crippen molar-refractivity contribution >= 4 is 23.2 Å². The van der Waals surface area contributed by atoms with Crippen LogP contribution in [0.4, 0.5) is 0 Å². The summed E-state index contributed by atoms with van der Waals surface area (Å²) in [6.07, 6.45) is 2.63. The number of hydrogen-bond donors (Lipinski definition) is 0. The van der Waals surface area contributed by atoms with Gasteiger partial charge in [0.15, 0.2) is 0 Å². The molecule has 2 nitrogen and oxygen atoms in total. The summed E-state index contributed by atoms with van der Waals surface area (Å²) in [5.41, 5.74) is 1.10. The van der Waals surface area contributed by atoms with Gasteiger partial charge >= 0.3 is 0 Å². The van der Waals surface area contributed by atoms with Crippen LogP contribution in [0.15, 0.2) is 6.20 Å². The van der Waals surface area contributed by atoms with Crippen molar-refractivity contribution in [2.24, 2.45) is 0 Å². The molecule has 0 spiro atoms. The number of aromatic nitrogens is 2. The van der Waals surface area contributed by atoms with Crippen LogP contribution in [0, 0.1) is 0 Å². The van der Waals surface area contributed by atoms with Crippen molar-refractivity contribution in [1.82, 2.24) is 9.78 Å². The van der Waals surface area contributed by atoms with E-state index in [0.717, 1.165) is 23.7 Å². The Kier molecular flexibility index (Phi) is 4.27. The van der Waals surface area contributed by atoms with Crippen molar-refractivity contribution in [2.45, 2.75) is 45.0 Å². The lowest BCUT2D eigenvalue weighted by atomic mass is 10.0. The van der Waals surface area contributed by atoms with E-state index < -0.39 is 0 Å². The van der Waals surface area contributed by atoms with Gasteiger partial charge in [0.1, 0.15) is 0 Å². The normalized spacial score (nSPS) is 15.5. The summed E-state index contributed by atoms with van der Waals surface area (Å²) in [6.45, 7) is 7.04. The number of aryl methyl sites for hydroxylation is 1. The molecule has 14 heavy (non-hydrogen) atoms. The van der Waals surface area contributed by atoms with Crippen molar-refractivity contribution < 1.29 is 0 Å². The van der Waals surface area contributed by atoms with Gasteiger partial charge in [-0.3, -0.25) is 4.68 Å². The van der Waals surface area contributed by atoms with Crippen LogP contribution in [-0.4, -0.2) is 15.2 Å². The fourth-order valence-electron chi connectivity index (χ4n) is 1.71. The Morgan fingerprint density at radius 2 is 2.14 bits per heavy atom. The van der Waals surface area contributed by atoms with Crippen LogP contribution in [0.1, 0.15) is 38.8 Å². The zero-order valence-electron chi connectivity index (χ0n) is 8.80. The highest BCUT2D eigenvalue weighted by Crippen LogP contribution is 2.28. The summed E-state index contributed by atoms with van der Waals surface area (Å²) in [5.74, 6) is 0.359. The minimum Gasteiger partial charge on any atom is -0.268 e. The average Bonchev–Trinajstić information content (AvgIpc) is 2.45. The summed E-state index contributed by atoms with van der Waals surface area (Å²) >= 11 is 12.0. The second-order valence-corrected chi connectivity index (χ2v) is 4.76. The molecule has 1 aromatic heterocycles. The van der Waals surface area contributed by atoms with Gasteiger partial charge in [-0.15, -0.1) is 11.6 Å². The van der Waals surface area contributed by atoms with Crippen molar-refractivity contribution in [3.8, 4) is 0 Å². The Hall–Kier alpha value is -0.210. The zero-order chi connectivity index (χ0) is 10.7. The van der Waals surface area contributed by atoms with E-state index in [-0.39, 0.29) is 5.38 Å². The molecule has 0 N–H and O–H groups in total. The zero-order valence-corrected chi connectivity index (χ0v) is 10.3. The molecule has 0 radical (unpaired) electrons. The van der Waals surface area contributed by atoms with Gasteiger partial charge in [0, 0.05) is 17.8 Å². The lowest BCUT2D eigenvalue weighted by molar-refractivity contribution is 0.558. The third-order valence-electron chi connectivity index (χ3n) is 2.28. The molecule has 0 bridgehead atoms. The van der Waals surface area contributed by atoms with Gasteiger partial charge in [-0.2, -0.15) is 5.10 Å². The lowest BCUT2D eigenvalue weighted by Gasteiger charge is -2.15. The van der Waals surface area contributed by atoms with Crippen LogP contribution in [0.3, 0.4) is 0 Å². The maximum absolute atomic E-state index is 6.08. The number of rotatable bonds is 4. The molecular weight excluding hydrogens is 219 g/mol. The Labute approximate surface area is 95.2 Å². The standard InChI is InChI=1S/C10H16Cl2N2/c1-4-14-10(9(12)6-13-14)7(2)5-8(3)11/h6-8H,4-5H2,1-3H3. The Morgan fingerprint density at radius 3 is 2.64 bits per heavy atom. The van der Waals surface area contributed by atoms with Gasteiger partial charge in [-0.05, 0) is 20.3 Å². The second kappa shape index (κ2) is 5.04. The highest BCUT2D eigenvalue weighted by molar-refractivity contribution is 6.31. The molecular formula is C10H16Cl2N2. The molecule has 80 valence electrons. The van der Waals surface area contributed by atoms with Crippen molar-refractivity contribution in [2.75, 3.05) is 0 Å². The molecule has 1 heterocycles. The average molecular weight is 235 g/mol. The predicted molar refractivity (Wildman–Crippen MR) is 61.3 cm³/mol. The van der Waals surface area contributed by atoms with Crippen molar-refractivity contribution in [3.05, 3.63) is 16.9 Å². The van der Waals surface area contributed by atoms with E-state index in [1.54, 1.807) is 6.20 Å². The van der Waals surface area contributed by atoms with Gasteiger partial charge in [-0.25, -0.2) is 0 Å². The SMILES string of the molecule is CCn1ncc(Cl)c1C(C)CC(C)Cl. The summed E-state index contributed by atoms with van der Waals surface area (Å²) in [5, 5.41) is 5.12. The quantitative estimate of drug-likeness (QED) is 0.728. The first-order valence-electron chi connectivity index (χ1n) is 4.91. The maximum Gasteiger partial charge on any atom is 0.0820 e. The van der Waals surface area contributed by atoms with E-state index in [4.69, 9.17) is 23.2 Å².